The van der Waals surface area contributed by atoms with E-state index in [1.54, 1.807) is 0 Å². The molecule has 1 aromatic heterocycles. The van der Waals surface area contributed by atoms with Crippen LogP contribution in [0.1, 0.15) is 45.3 Å². The molecule has 0 aliphatic carbocycles. The molecule has 0 radical (unpaired) electrons. The normalized spacial score (nSPS) is 13.4. The van der Waals surface area contributed by atoms with E-state index < -0.39 is 0 Å². The Morgan fingerprint density at radius 3 is 2.60 bits per heavy atom. The maximum Gasteiger partial charge on any atom is 0.0550 e. The lowest BCUT2D eigenvalue weighted by atomic mass is 10.0. The standard InChI is InChI=1S/C12H23N3/c1-5-13-11(7-6-10(2)3)12-8-9-14-15(12)4/h8-11,13H,5-7H2,1-4H3. The Kier molecular flexibility index (Phi) is 4.82. The van der Waals surface area contributed by atoms with Crippen LogP contribution in [0.15, 0.2) is 12.3 Å². The van der Waals surface area contributed by atoms with Gasteiger partial charge in [0.2, 0.25) is 0 Å². The molecule has 0 aromatic carbocycles. The first-order chi connectivity index (χ1) is 7.15. The SMILES string of the molecule is CCNC(CCC(C)C)c1ccnn1C. The minimum absolute atomic E-state index is 0.449. The van der Waals surface area contributed by atoms with Gasteiger partial charge in [0.1, 0.15) is 0 Å². The number of aryl methyl sites for hydroxylation is 1. The highest BCUT2D eigenvalue weighted by molar-refractivity contribution is 5.06. The van der Waals surface area contributed by atoms with Gasteiger partial charge >= 0.3 is 0 Å². The fourth-order valence-electron chi connectivity index (χ4n) is 1.83. The van der Waals surface area contributed by atoms with Crippen LogP contribution in [0, 0.1) is 5.92 Å². The van der Waals surface area contributed by atoms with E-state index in [0.29, 0.717) is 6.04 Å². The molecule has 3 heteroatoms. The second-order valence-electron chi connectivity index (χ2n) is 4.46. The molecule has 0 fully saturated rings. The summed E-state index contributed by atoms with van der Waals surface area (Å²) in [4.78, 5) is 0. The van der Waals surface area contributed by atoms with Crippen molar-refractivity contribution in [1.82, 2.24) is 15.1 Å². The van der Waals surface area contributed by atoms with Gasteiger partial charge in [0.15, 0.2) is 0 Å². The fraction of sp³-hybridized carbons (Fsp3) is 0.750. The van der Waals surface area contributed by atoms with Gasteiger partial charge in [0, 0.05) is 19.3 Å². The van der Waals surface area contributed by atoms with Gasteiger partial charge in [-0.1, -0.05) is 20.8 Å². The monoisotopic (exact) mass is 209 g/mol. The summed E-state index contributed by atoms with van der Waals surface area (Å²) in [7, 11) is 2.01. The summed E-state index contributed by atoms with van der Waals surface area (Å²) in [6.45, 7) is 7.70. The highest BCUT2D eigenvalue weighted by atomic mass is 15.3. The van der Waals surface area contributed by atoms with E-state index in [0.717, 1.165) is 12.5 Å². The predicted molar refractivity (Wildman–Crippen MR) is 63.7 cm³/mol. The van der Waals surface area contributed by atoms with Crippen molar-refractivity contribution in [1.29, 1.82) is 0 Å². The molecule has 0 bridgehead atoms. The van der Waals surface area contributed by atoms with Crippen LogP contribution in [-0.4, -0.2) is 16.3 Å². The zero-order chi connectivity index (χ0) is 11.3. The molecule has 1 aromatic rings. The Balaban J connectivity index is 2.61. The van der Waals surface area contributed by atoms with Gasteiger partial charge in [0.25, 0.3) is 0 Å². The summed E-state index contributed by atoms with van der Waals surface area (Å²) < 4.78 is 1.97. The molecule has 1 N–H and O–H groups in total. The average molecular weight is 209 g/mol. The van der Waals surface area contributed by atoms with Crippen molar-refractivity contribution >= 4 is 0 Å². The van der Waals surface area contributed by atoms with Crippen molar-refractivity contribution in [3.8, 4) is 0 Å². The second-order valence-corrected chi connectivity index (χ2v) is 4.46. The first-order valence-electron chi connectivity index (χ1n) is 5.86. The molecule has 0 saturated carbocycles. The minimum Gasteiger partial charge on any atom is -0.309 e. The minimum atomic E-state index is 0.449. The van der Waals surface area contributed by atoms with Crippen LogP contribution in [0.3, 0.4) is 0 Å². The molecule has 0 aliphatic heterocycles. The van der Waals surface area contributed by atoms with E-state index in [4.69, 9.17) is 0 Å². The molecule has 3 nitrogen and oxygen atoms in total. The third-order valence-corrected chi connectivity index (χ3v) is 2.70. The summed E-state index contributed by atoms with van der Waals surface area (Å²) in [5, 5.41) is 7.74. The molecule has 0 aliphatic rings. The summed E-state index contributed by atoms with van der Waals surface area (Å²) in [5.74, 6) is 0.763. The maximum atomic E-state index is 4.22. The van der Waals surface area contributed by atoms with E-state index in [2.05, 4.69) is 37.3 Å². The molecule has 86 valence electrons. The topological polar surface area (TPSA) is 29.9 Å². The summed E-state index contributed by atoms with van der Waals surface area (Å²) >= 11 is 0. The molecule has 1 unspecified atom stereocenters. The van der Waals surface area contributed by atoms with Crippen LogP contribution in [0.4, 0.5) is 0 Å². The number of aromatic nitrogens is 2. The van der Waals surface area contributed by atoms with E-state index in [-0.39, 0.29) is 0 Å². The van der Waals surface area contributed by atoms with Crippen LogP contribution >= 0.6 is 0 Å². The first-order valence-corrected chi connectivity index (χ1v) is 5.86. The Bertz CT molecular complexity index is 278. The Morgan fingerprint density at radius 1 is 1.40 bits per heavy atom. The highest BCUT2D eigenvalue weighted by Crippen LogP contribution is 2.19. The van der Waals surface area contributed by atoms with Crippen LogP contribution in [0.5, 0.6) is 0 Å². The predicted octanol–water partition coefficient (Wildman–Crippen LogP) is 2.51. The van der Waals surface area contributed by atoms with E-state index in [1.807, 2.05) is 17.9 Å². The number of nitrogens with one attached hydrogen (secondary N) is 1. The van der Waals surface area contributed by atoms with Crippen LogP contribution in [0.25, 0.3) is 0 Å². The first kappa shape index (κ1) is 12.2. The molecular weight excluding hydrogens is 186 g/mol. The van der Waals surface area contributed by atoms with Crippen LogP contribution < -0.4 is 5.32 Å². The van der Waals surface area contributed by atoms with Gasteiger partial charge in [-0.3, -0.25) is 4.68 Å². The van der Waals surface area contributed by atoms with Gasteiger partial charge in [0.05, 0.1) is 5.69 Å². The molecule has 1 heterocycles. The van der Waals surface area contributed by atoms with Gasteiger partial charge in [-0.2, -0.15) is 5.10 Å². The summed E-state index contributed by atoms with van der Waals surface area (Å²) in [5.41, 5.74) is 1.29. The zero-order valence-electron chi connectivity index (χ0n) is 10.3. The smallest absolute Gasteiger partial charge is 0.0550 e. The van der Waals surface area contributed by atoms with Crippen LogP contribution in [0.2, 0.25) is 0 Å². The number of hydrogen-bond acceptors (Lipinski definition) is 2. The van der Waals surface area contributed by atoms with E-state index in [1.165, 1.54) is 18.5 Å². The summed E-state index contributed by atoms with van der Waals surface area (Å²) in [6.07, 6.45) is 4.31. The average Bonchev–Trinajstić information content (AvgIpc) is 2.59. The molecule has 15 heavy (non-hydrogen) atoms. The lowest BCUT2D eigenvalue weighted by Gasteiger charge is -2.19. The maximum absolute atomic E-state index is 4.22. The molecule has 0 amide bonds. The third kappa shape index (κ3) is 3.67. The van der Waals surface area contributed by atoms with Gasteiger partial charge < -0.3 is 5.32 Å². The largest absolute Gasteiger partial charge is 0.309 e. The quantitative estimate of drug-likeness (QED) is 0.780. The molecule has 0 saturated heterocycles. The number of hydrogen-bond donors (Lipinski definition) is 1. The third-order valence-electron chi connectivity index (χ3n) is 2.70. The second kappa shape index (κ2) is 5.91. The van der Waals surface area contributed by atoms with Crippen molar-refractivity contribution in [3.63, 3.8) is 0 Å². The summed E-state index contributed by atoms with van der Waals surface area (Å²) in [6, 6.07) is 2.55. The van der Waals surface area contributed by atoms with Crippen molar-refractivity contribution in [2.75, 3.05) is 6.54 Å². The van der Waals surface area contributed by atoms with Gasteiger partial charge in [-0.25, -0.2) is 0 Å². The van der Waals surface area contributed by atoms with Crippen LogP contribution in [-0.2, 0) is 7.05 Å². The zero-order valence-corrected chi connectivity index (χ0v) is 10.3. The fourth-order valence-corrected chi connectivity index (χ4v) is 1.83. The number of nitrogens with zero attached hydrogens (tertiary/aromatic N) is 2. The van der Waals surface area contributed by atoms with Crippen molar-refractivity contribution in [2.45, 2.75) is 39.7 Å². The molecule has 1 atom stereocenters. The van der Waals surface area contributed by atoms with Gasteiger partial charge in [-0.15, -0.1) is 0 Å². The number of rotatable bonds is 6. The Labute approximate surface area is 92.9 Å². The van der Waals surface area contributed by atoms with Crippen molar-refractivity contribution in [3.05, 3.63) is 18.0 Å². The molecular formula is C12H23N3. The van der Waals surface area contributed by atoms with E-state index in [9.17, 15) is 0 Å². The Hall–Kier alpha value is -0.830. The highest BCUT2D eigenvalue weighted by Gasteiger charge is 2.13. The lowest BCUT2D eigenvalue weighted by Crippen LogP contribution is -2.23. The van der Waals surface area contributed by atoms with Crippen molar-refractivity contribution < 1.29 is 0 Å². The van der Waals surface area contributed by atoms with E-state index >= 15 is 0 Å². The molecule has 1 rings (SSSR count). The van der Waals surface area contributed by atoms with Gasteiger partial charge in [-0.05, 0) is 31.4 Å². The van der Waals surface area contributed by atoms with Crippen molar-refractivity contribution in [2.24, 2.45) is 13.0 Å². The molecule has 0 spiro atoms. The lowest BCUT2D eigenvalue weighted by molar-refractivity contribution is 0.429. The Morgan fingerprint density at radius 2 is 2.13 bits per heavy atom.